The summed E-state index contributed by atoms with van der Waals surface area (Å²) in [4.78, 5) is 47.7. The molecule has 3 aliphatic rings. The van der Waals surface area contributed by atoms with Crippen molar-refractivity contribution in [2.75, 3.05) is 13.2 Å². The third-order valence-corrected chi connectivity index (χ3v) is 8.88. The Hall–Kier alpha value is -3.94. The third kappa shape index (κ3) is 6.53. The number of benzene rings is 2. The second-order valence-electron chi connectivity index (χ2n) is 13.2. The van der Waals surface area contributed by atoms with Crippen molar-refractivity contribution in [2.24, 2.45) is 5.92 Å². The Morgan fingerprint density at radius 1 is 0.953 bits per heavy atom. The van der Waals surface area contributed by atoms with Crippen molar-refractivity contribution >= 4 is 17.8 Å². The molecule has 8 nitrogen and oxygen atoms in total. The standard InChI is InChI=1S/C35H41N3O5/c1-35(2,3)43-34(41)38-16-6-9-30(38)33-36-20-29(37-33)25-12-14-27-23(18-25)10-11-24-19-26(13-15-28(24)27)31(39)21-42-32(40)17-22-7-4-5-8-22/h12-15,18-20,22,30H,4-11,16-17,21H2,1-3H3,(H,36,37)/t30-/m0/s1. The van der Waals surface area contributed by atoms with Crippen LogP contribution in [0.1, 0.15) is 99.1 Å². The number of amides is 1. The van der Waals surface area contributed by atoms with Gasteiger partial charge in [-0.2, -0.15) is 0 Å². The van der Waals surface area contributed by atoms with E-state index >= 15 is 0 Å². The quantitative estimate of drug-likeness (QED) is 0.233. The first-order chi connectivity index (χ1) is 20.6. The first-order valence-corrected chi connectivity index (χ1v) is 15.6. The van der Waals surface area contributed by atoms with Crippen LogP contribution in [0.4, 0.5) is 4.79 Å². The van der Waals surface area contributed by atoms with Crippen molar-refractivity contribution in [3.8, 4) is 22.4 Å². The number of esters is 1. The number of ether oxygens (including phenoxy) is 2. The van der Waals surface area contributed by atoms with Crippen molar-refractivity contribution in [1.82, 2.24) is 14.9 Å². The molecule has 1 saturated heterocycles. The number of H-pyrrole nitrogens is 1. The van der Waals surface area contributed by atoms with Crippen LogP contribution in [-0.2, 0) is 27.1 Å². The minimum absolute atomic E-state index is 0.124. The molecule has 2 aliphatic carbocycles. The zero-order valence-electron chi connectivity index (χ0n) is 25.4. The molecule has 43 heavy (non-hydrogen) atoms. The van der Waals surface area contributed by atoms with Gasteiger partial charge in [0.05, 0.1) is 17.9 Å². The van der Waals surface area contributed by atoms with Gasteiger partial charge in [-0.25, -0.2) is 9.78 Å². The molecule has 2 aromatic carbocycles. The fraction of sp³-hybridized carbons (Fsp3) is 0.486. The lowest BCUT2D eigenvalue weighted by molar-refractivity contribution is -0.143. The molecule has 8 heteroatoms. The van der Waals surface area contributed by atoms with Gasteiger partial charge in [-0.15, -0.1) is 0 Å². The number of nitrogens with zero attached hydrogens (tertiary/aromatic N) is 2. The van der Waals surface area contributed by atoms with Crippen LogP contribution in [0.3, 0.4) is 0 Å². The number of hydrogen-bond donors (Lipinski definition) is 1. The van der Waals surface area contributed by atoms with E-state index in [1.54, 1.807) is 4.90 Å². The molecule has 1 amide bonds. The van der Waals surface area contributed by atoms with Gasteiger partial charge >= 0.3 is 12.1 Å². The first-order valence-electron chi connectivity index (χ1n) is 15.6. The first kappa shape index (κ1) is 29.1. The SMILES string of the molecule is CC(C)(C)OC(=O)N1CCC[C@H]1c1ncc(-c2ccc3c(c2)CCc2cc(C(=O)COC(=O)CC4CCCC4)ccc2-3)[nH]1. The van der Waals surface area contributed by atoms with E-state index < -0.39 is 5.60 Å². The highest BCUT2D eigenvalue weighted by molar-refractivity contribution is 5.99. The lowest BCUT2D eigenvalue weighted by Gasteiger charge is -2.27. The fourth-order valence-electron chi connectivity index (χ4n) is 6.72. The summed E-state index contributed by atoms with van der Waals surface area (Å²) < 4.78 is 11.0. The Morgan fingerprint density at radius 2 is 1.67 bits per heavy atom. The molecule has 1 N–H and O–H groups in total. The second-order valence-corrected chi connectivity index (χ2v) is 13.2. The number of carbonyl (C=O) groups is 3. The van der Waals surface area contributed by atoms with Crippen LogP contribution in [0.5, 0.6) is 0 Å². The monoisotopic (exact) mass is 583 g/mol. The number of aryl methyl sites for hydroxylation is 2. The van der Waals surface area contributed by atoms with Crippen molar-refractivity contribution in [2.45, 2.75) is 90.2 Å². The summed E-state index contributed by atoms with van der Waals surface area (Å²) in [7, 11) is 0. The predicted octanol–water partition coefficient (Wildman–Crippen LogP) is 7.22. The van der Waals surface area contributed by atoms with Gasteiger partial charge in [-0.1, -0.05) is 37.1 Å². The molecule has 226 valence electrons. The lowest BCUT2D eigenvalue weighted by Crippen LogP contribution is -2.36. The molecule has 0 unspecified atom stereocenters. The molecule has 1 aliphatic heterocycles. The average molecular weight is 584 g/mol. The van der Waals surface area contributed by atoms with Crippen LogP contribution in [-0.4, -0.2) is 51.5 Å². The Morgan fingerprint density at radius 3 is 2.42 bits per heavy atom. The predicted molar refractivity (Wildman–Crippen MR) is 164 cm³/mol. The molecule has 2 heterocycles. The van der Waals surface area contributed by atoms with Crippen LogP contribution in [0, 0.1) is 5.92 Å². The summed E-state index contributed by atoms with van der Waals surface area (Å²) in [6, 6.07) is 12.1. The summed E-state index contributed by atoms with van der Waals surface area (Å²) in [5.74, 6) is 0.758. The molecule has 2 fully saturated rings. The molecule has 0 spiro atoms. The normalized spacial score (nSPS) is 18.3. The van der Waals surface area contributed by atoms with E-state index in [1.165, 1.54) is 24.0 Å². The molecular weight excluding hydrogens is 542 g/mol. The Kier molecular flexibility index (Phi) is 8.12. The van der Waals surface area contributed by atoms with Gasteiger partial charge < -0.3 is 14.5 Å². The number of aromatic nitrogens is 2. The van der Waals surface area contributed by atoms with Crippen LogP contribution in [0.2, 0.25) is 0 Å². The van der Waals surface area contributed by atoms with Gasteiger partial charge in [0.2, 0.25) is 0 Å². The number of likely N-dealkylation sites (tertiary alicyclic amines) is 1. The van der Waals surface area contributed by atoms with Crippen LogP contribution in [0.15, 0.2) is 42.6 Å². The van der Waals surface area contributed by atoms with E-state index in [0.717, 1.165) is 66.7 Å². The maximum absolute atomic E-state index is 12.8. The van der Waals surface area contributed by atoms with Gasteiger partial charge in [0.25, 0.3) is 0 Å². The Balaban J connectivity index is 1.12. The number of rotatable bonds is 7. The average Bonchev–Trinajstić information content (AvgIpc) is 3.76. The molecular formula is C35H41N3O5. The van der Waals surface area contributed by atoms with E-state index in [4.69, 9.17) is 9.47 Å². The third-order valence-electron chi connectivity index (χ3n) is 8.88. The number of nitrogens with one attached hydrogen (secondary N) is 1. The van der Waals surface area contributed by atoms with Crippen LogP contribution < -0.4 is 0 Å². The number of aromatic amines is 1. The molecule has 1 saturated carbocycles. The Labute approximate surface area is 253 Å². The zero-order valence-corrected chi connectivity index (χ0v) is 25.4. The van der Waals surface area contributed by atoms with E-state index in [0.29, 0.717) is 24.4 Å². The highest BCUT2D eigenvalue weighted by Gasteiger charge is 2.35. The van der Waals surface area contributed by atoms with Gasteiger partial charge in [0.15, 0.2) is 12.4 Å². The minimum Gasteiger partial charge on any atom is -0.457 e. The maximum atomic E-state index is 12.8. The number of fused-ring (bicyclic) bond motifs is 3. The topological polar surface area (TPSA) is 102 Å². The largest absolute Gasteiger partial charge is 0.457 e. The zero-order chi connectivity index (χ0) is 30.1. The molecule has 1 aromatic heterocycles. The summed E-state index contributed by atoms with van der Waals surface area (Å²) in [6.45, 7) is 6.10. The highest BCUT2D eigenvalue weighted by Crippen LogP contribution is 2.37. The number of hydrogen-bond acceptors (Lipinski definition) is 6. The second kappa shape index (κ2) is 12.0. The Bertz CT molecular complexity index is 1530. The van der Waals surface area contributed by atoms with E-state index in [2.05, 4.69) is 28.2 Å². The molecule has 0 bridgehead atoms. The van der Waals surface area contributed by atoms with E-state index in [-0.39, 0.29) is 30.5 Å². The summed E-state index contributed by atoms with van der Waals surface area (Å²) in [5, 5.41) is 0. The summed E-state index contributed by atoms with van der Waals surface area (Å²) >= 11 is 0. The van der Waals surface area contributed by atoms with Crippen LogP contribution in [0.25, 0.3) is 22.4 Å². The van der Waals surface area contributed by atoms with Crippen molar-refractivity contribution in [3.05, 3.63) is 65.1 Å². The molecule has 1 atom stereocenters. The summed E-state index contributed by atoms with van der Waals surface area (Å²) in [6.07, 6.45) is 9.93. The molecule has 0 radical (unpaired) electrons. The van der Waals surface area contributed by atoms with Crippen molar-refractivity contribution < 1.29 is 23.9 Å². The van der Waals surface area contributed by atoms with Gasteiger partial charge in [-0.3, -0.25) is 14.5 Å². The number of imidazole rings is 1. The maximum Gasteiger partial charge on any atom is 0.410 e. The van der Waals surface area contributed by atoms with E-state index in [1.807, 2.05) is 45.2 Å². The smallest absolute Gasteiger partial charge is 0.410 e. The van der Waals surface area contributed by atoms with Gasteiger partial charge in [0.1, 0.15) is 11.4 Å². The summed E-state index contributed by atoms with van der Waals surface area (Å²) in [5.41, 5.74) is 6.70. The number of ketones is 1. The fourth-order valence-corrected chi connectivity index (χ4v) is 6.72. The molecule has 3 aromatic rings. The molecule has 6 rings (SSSR count). The van der Waals surface area contributed by atoms with Gasteiger partial charge in [0, 0.05) is 18.5 Å². The lowest BCUT2D eigenvalue weighted by atomic mass is 9.83. The number of carbonyl (C=O) groups excluding carboxylic acids is 3. The van der Waals surface area contributed by atoms with Crippen molar-refractivity contribution in [1.29, 1.82) is 0 Å². The van der Waals surface area contributed by atoms with Crippen LogP contribution >= 0.6 is 0 Å². The number of Topliss-reactive ketones (excluding diaryl/α,β-unsaturated/α-hetero) is 1. The van der Waals surface area contributed by atoms with E-state index in [9.17, 15) is 14.4 Å². The van der Waals surface area contributed by atoms with Gasteiger partial charge in [-0.05, 0) is 105 Å². The minimum atomic E-state index is -0.541. The highest BCUT2D eigenvalue weighted by atomic mass is 16.6. The van der Waals surface area contributed by atoms with Crippen molar-refractivity contribution in [3.63, 3.8) is 0 Å².